The Hall–Kier alpha value is -3.81. The van der Waals surface area contributed by atoms with Gasteiger partial charge >= 0.3 is 0 Å². The van der Waals surface area contributed by atoms with Crippen molar-refractivity contribution in [3.63, 3.8) is 0 Å². The van der Waals surface area contributed by atoms with E-state index in [1.807, 2.05) is 36.4 Å². The summed E-state index contributed by atoms with van der Waals surface area (Å²) in [7, 11) is 0. The van der Waals surface area contributed by atoms with Crippen LogP contribution in [0.4, 0.5) is 0 Å². The van der Waals surface area contributed by atoms with E-state index in [4.69, 9.17) is 0 Å². The fourth-order valence-electron chi connectivity index (χ4n) is 5.04. The number of benzene rings is 3. The Morgan fingerprint density at radius 3 is 1.79 bits per heavy atom. The number of Topliss-reactive ketones (excluding diaryl/α,β-unsaturated/α-hetero) is 1. The highest BCUT2D eigenvalue weighted by molar-refractivity contribution is 9.10. The SMILES string of the molecule is O=C(c1ccc(Br)cc1)C(C(=O)N1CCN(C(c2ccccc2)c2ccccc2)CC1)n1ccccc1=O. The molecule has 0 spiro atoms. The summed E-state index contributed by atoms with van der Waals surface area (Å²) >= 11 is 3.38. The standard InChI is InChI=1S/C31H28BrN3O3/c32-26-16-14-25(15-17-26)30(37)29(35-18-8-7-13-27(35)36)31(38)34-21-19-33(20-22-34)28(23-9-3-1-4-10-23)24-11-5-2-6-12-24/h1-18,28-29H,19-22H2. The molecule has 2 heterocycles. The smallest absolute Gasteiger partial charge is 0.253 e. The molecule has 4 aromatic rings. The van der Waals surface area contributed by atoms with Crippen molar-refractivity contribution in [3.05, 3.63) is 141 Å². The van der Waals surface area contributed by atoms with Gasteiger partial charge in [-0.15, -0.1) is 0 Å². The maximum Gasteiger partial charge on any atom is 0.253 e. The summed E-state index contributed by atoms with van der Waals surface area (Å²) in [6.45, 7) is 2.20. The van der Waals surface area contributed by atoms with Gasteiger partial charge in [-0.05, 0) is 29.3 Å². The molecular weight excluding hydrogens is 542 g/mol. The Morgan fingerprint density at radius 2 is 1.24 bits per heavy atom. The number of halogens is 1. The lowest BCUT2D eigenvalue weighted by Gasteiger charge is -2.40. The third-order valence-corrected chi connectivity index (χ3v) is 7.49. The molecule has 0 N–H and O–H groups in total. The Balaban J connectivity index is 1.40. The zero-order valence-corrected chi connectivity index (χ0v) is 22.4. The average Bonchev–Trinajstić information content (AvgIpc) is 2.96. The molecule has 7 heteroatoms. The predicted molar refractivity (Wildman–Crippen MR) is 151 cm³/mol. The maximum atomic E-state index is 13.9. The number of hydrogen-bond donors (Lipinski definition) is 0. The second-order valence-corrected chi connectivity index (χ2v) is 10.2. The molecule has 0 radical (unpaired) electrons. The molecule has 1 aromatic heterocycles. The van der Waals surface area contributed by atoms with Crippen LogP contribution in [0.2, 0.25) is 0 Å². The first kappa shape index (κ1) is 25.8. The molecule has 0 saturated carbocycles. The quantitative estimate of drug-likeness (QED) is 0.233. The van der Waals surface area contributed by atoms with Crippen LogP contribution in [0.3, 0.4) is 0 Å². The lowest BCUT2D eigenvalue weighted by Crippen LogP contribution is -2.53. The number of piperazine rings is 1. The predicted octanol–water partition coefficient (Wildman–Crippen LogP) is 4.97. The van der Waals surface area contributed by atoms with Gasteiger partial charge in [-0.1, -0.05) is 94.8 Å². The van der Waals surface area contributed by atoms with Crippen molar-refractivity contribution in [2.24, 2.45) is 0 Å². The topological polar surface area (TPSA) is 62.6 Å². The van der Waals surface area contributed by atoms with Crippen LogP contribution in [0.5, 0.6) is 0 Å². The Labute approximate surface area is 230 Å². The molecule has 1 aliphatic rings. The third kappa shape index (κ3) is 5.54. The molecule has 192 valence electrons. The number of carbonyl (C=O) groups is 2. The van der Waals surface area contributed by atoms with Gasteiger partial charge in [0.25, 0.3) is 11.5 Å². The van der Waals surface area contributed by atoms with Gasteiger partial charge in [0, 0.05) is 48.5 Å². The van der Waals surface area contributed by atoms with Crippen LogP contribution in [-0.4, -0.2) is 52.2 Å². The molecule has 1 unspecified atom stereocenters. The molecule has 6 nitrogen and oxygen atoms in total. The second-order valence-electron chi connectivity index (χ2n) is 9.30. The minimum absolute atomic E-state index is 0.0617. The molecule has 0 bridgehead atoms. The summed E-state index contributed by atoms with van der Waals surface area (Å²) in [5.74, 6) is -0.758. The minimum Gasteiger partial charge on any atom is -0.338 e. The minimum atomic E-state index is -1.25. The van der Waals surface area contributed by atoms with Gasteiger partial charge in [-0.25, -0.2) is 0 Å². The molecule has 1 atom stereocenters. The van der Waals surface area contributed by atoms with E-state index in [1.54, 1.807) is 41.3 Å². The van der Waals surface area contributed by atoms with Gasteiger partial charge in [-0.3, -0.25) is 23.9 Å². The number of carbonyl (C=O) groups excluding carboxylic acids is 2. The van der Waals surface area contributed by atoms with Gasteiger partial charge in [0.05, 0.1) is 6.04 Å². The molecular formula is C31H28BrN3O3. The monoisotopic (exact) mass is 569 g/mol. The lowest BCUT2D eigenvalue weighted by molar-refractivity contribution is -0.135. The summed E-state index contributed by atoms with van der Waals surface area (Å²) in [5, 5.41) is 0. The van der Waals surface area contributed by atoms with Crippen LogP contribution in [0.15, 0.2) is 119 Å². The van der Waals surface area contributed by atoms with Crippen LogP contribution in [-0.2, 0) is 4.79 Å². The lowest BCUT2D eigenvalue weighted by atomic mass is 9.96. The van der Waals surface area contributed by atoms with E-state index in [0.29, 0.717) is 31.7 Å². The Bertz CT molecular complexity index is 1410. The molecule has 38 heavy (non-hydrogen) atoms. The number of nitrogens with zero attached hydrogens (tertiary/aromatic N) is 3. The van der Waals surface area contributed by atoms with E-state index in [0.717, 1.165) is 4.47 Å². The Morgan fingerprint density at radius 1 is 0.684 bits per heavy atom. The molecule has 0 aliphatic carbocycles. The fourth-order valence-corrected chi connectivity index (χ4v) is 5.31. The molecule has 1 fully saturated rings. The van der Waals surface area contributed by atoms with Gasteiger partial charge in [-0.2, -0.15) is 0 Å². The van der Waals surface area contributed by atoms with Crippen LogP contribution in [0.1, 0.15) is 33.6 Å². The highest BCUT2D eigenvalue weighted by Gasteiger charge is 2.36. The molecule has 1 saturated heterocycles. The summed E-state index contributed by atoms with van der Waals surface area (Å²) < 4.78 is 2.08. The molecule has 1 amide bonds. The van der Waals surface area contributed by atoms with Crippen molar-refractivity contribution in [1.29, 1.82) is 0 Å². The summed E-state index contributed by atoms with van der Waals surface area (Å²) in [5.41, 5.74) is 2.38. The first-order chi connectivity index (χ1) is 18.5. The normalized spacial score (nSPS) is 14.8. The summed E-state index contributed by atoms with van der Waals surface area (Å²) in [6.07, 6.45) is 1.51. The number of hydrogen-bond acceptors (Lipinski definition) is 4. The largest absolute Gasteiger partial charge is 0.338 e. The van der Waals surface area contributed by atoms with Crippen molar-refractivity contribution in [2.45, 2.75) is 12.1 Å². The van der Waals surface area contributed by atoms with E-state index in [2.05, 4.69) is 45.1 Å². The number of amides is 1. The van der Waals surface area contributed by atoms with E-state index >= 15 is 0 Å². The van der Waals surface area contributed by atoms with Crippen LogP contribution >= 0.6 is 15.9 Å². The van der Waals surface area contributed by atoms with Crippen LogP contribution in [0.25, 0.3) is 0 Å². The zero-order valence-electron chi connectivity index (χ0n) is 20.8. The van der Waals surface area contributed by atoms with Gasteiger partial charge in [0.2, 0.25) is 0 Å². The first-order valence-electron chi connectivity index (χ1n) is 12.6. The summed E-state index contributed by atoms with van der Waals surface area (Å²) in [6, 6.07) is 31.0. The first-order valence-corrected chi connectivity index (χ1v) is 13.4. The number of pyridine rings is 1. The van der Waals surface area contributed by atoms with E-state index in [-0.39, 0.29) is 17.5 Å². The number of rotatable bonds is 7. The van der Waals surface area contributed by atoms with E-state index in [9.17, 15) is 14.4 Å². The van der Waals surface area contributed by atoms with Crippen LogP contribution < -0.4 is 5.56 Å². The second kappa shape index (κ2) is 11.7. The summed E-state index contributed by atoms with van der Waals surface area (Å²) in [4.78, 5) is 44.3. The molecule has 5 rings (SSSR count). The van der Waals surface area contributed by atoms with Gasteiger partial charge < -0.3 is 4.90 Å². The van der Waals surface area contributed by atoms with Crippen molar-refractivity contribution in [1.82, 2.24) is 14.4 Å². The zero-order chi connectivity index (χ0) is 26.5. The third-order valence-electron chi connectivity index (χ3n) is 6.96. The highest BCUT2D eigenvalue weighted by Crippen LogP contribution is 2.30. The average molecular weight is 570 g/mol. The van der Waals surface area contributed by atoms with Gasteiger partial charge in [0.15, 0.2) is 11.8 Å². The van der Waals surface area contributed by atoms with E-state index < -0.39 is 11.8 Å². The van der Waals surface area contributed by atoms with E-state index in [1.165, 1.54) is 28.0 Å². The van der Waals surface area contributed by atoms with Gasteiger partial charge in [0.1, 0.15) is 0 Å². The Kier molecular flexibility index (Phi) is 7.96. The fraction of sp³-hybridized carbons (Fsp3) is 0.194. The highest BCUT2D eigenvalue weighted by atomic mass is 79.9. The number of ketones is 1. The maximum absolute atomic E-state index is 13.9. The van der Waals surface area contributed by atoms with Crippen molar-refractivity contribution in [2.75, 3.05) is 26.2 Å². The molecule has 1 aliphatic heterocycles. The van der Waals surface area contributed by atoms with Crippen molar-refractivity contribution >= 4 is 27.6 Å². The van der Waals surface area contributed by atoms with Crippen molar-refractivity contribution in [3.8, 4) is 0 Å². The van der Waals surface area contributed by atoms with Crippen molar-refractivity contribution < 1.29 is 9.59 Å². The number of aromatic nitrogens is 1. The molecule has 3 aromatic carbocycles. The van der Waals surface area contributed by atoms with Crippen LogP contribution in [0, 0.1) is 0 Å².